The number of rotatable bonds is 9. The molecule has 1 aliphatic rings. The highest BCUT2D eigenvalue weighted by atomic mass is 32.2. The Kier molecular flexibility index (Phi) is 8.12. The van der Waals surface area contributed by atoms with Gasteiger partial charge in [0.05, 0.1) is 19.0 Å². The number of morpholine rings is 1. The van der Waals surface area contributed by atoms with Crippen LogP contribution in [0.5, 0.6) is 0 Å². The number of nitrogens with one attached hydrogen (secondary N) is 2. The minimum absolute atomic E-state index is 0.208. The highest BCUT2D eigenvalue weighted by Gasteiger charge is 2.40. The molecule has 0 bridgehead atoms. The summed E-state index contributed by atoms with van der Waals surface area (Å²) in [7, 11) is -4.10. The molecule has 2 N–H and O–H groups in total. The van der Waals surface area contributed by atoms with Crippen molar-refractivity contribution in [2.24, 2.45) is 0 Å². The van der Waals surface area contributed by atoms with Crippen molar-refractivity contribution in [2.75, 3.05) is 32.8 Å². The quantitative estimate of drug-likeness (QED) is 0.390. The number of carbonyl (C=O) groups excluding carboxylic acids is 3. The van der Waals surface area contributed by atoms with Crippen molar-refractivity contribution < 1.29 is 32.0 Å². The lowest BCUT2D eigenvalue weighted by Gasteiger charge is -2.29. The molecule has 1 saturated heterocycles. The summed E-state index contributed by atoms with van der Waals surface area (Å²) in [5, 5.41) is 3.46. The van der Waals surface area contributed by atoms with Crippen LogP contribution < -0.4 is 10.6 Å². The fraction of sp³-hybridized carbons (Fsp3) is 0.385. The molecule has 202 valence electrons. The van der Waals surface area contributed by atoms with Crippen LogP contribution in [-0.4, -0.2) is 79.7 Å². The van der Waals surface area contributed by atoms with Crippen molar-refractivity contribution in [3.63, 3.8) is 0 Å². The number of ketones is 1. The normalized spacial score (nSPS) is 15.2. The fourth-order valence-electron chi connectivity index (χ4n) is 4.03. The molecule has 1 aliphatic heterocycles. The van der Waals surface area contributed by atoms with Gasteiger partial charge in [-0.25, -0.2) is 18.2 Å². The summed E-state index contributed by atoms with van der Waals surface area (Å²) in [6.45, 7) is 3.86. The molecule has 4 rings (SSSR count). The Bertz CT molecular complexity index is 1380. The molecule has 0 radical (unpaired) electrons. The maximum Gasteiger partial charge on any atom is 0.317 e. The molecule has 1 fully saturated rings. The van der Waals surface area contributed by atoms with Gasteiger partial charge in [-0.3, -0.25) is 9.59 Å². The van der Waals surface area contributed by atoms with Gasteiger partial charge >= 0.3 is 6.03 Å². The molecule has 1 aromatic heterocycles. The topological polar surface area (TPSA) is 148 Å². The Balaban J connectivity index is 1.53. The molecule has 3 amide bonds. The number of carbonyl (C=O) groups is 3. The van der Waals surface area contributed by atoms with Crippen molar-refractivity contribution in [2.45, 2.75) is 30.4 Å². The molecule has 2 heterocycles. The van der Waals surface area contributed by atoms with Gasteiger partial charge in [0.1, 0.15) is 11.1 Å². The first-order valence-corrected chi connectivity index (χ1v) is 13.9. The van der Waals surface area contributed by atoms with E-state index in [-0.39, 0.29) is 5.89 Å². The second-order valence-electron chi connectivity index (χ2n) is 9.50. The molecule has 0 aliphatic carbocycles. The Morgan fingerprint density at radius 3 is 2.37 bits per heavy atom. The maximum atomic E-state index is 13.4. The molecule has 38 heavy (non-hydrogen) atoms. The SMILES string of the molecule is CC(C)(NC(=O)C(CNC(=O)N1CCOCC1)S(=O)(=O)Cc1ccccc1)C(=O)c1nc2ccccc2o1. The lowest BCUT2D eigenvalue weighted by Crippen LogP contribution is -2.57. The first-order valence-electron chi connectivity index (χ1n) is 12.2. The van der Waals surface area contributed by atoms with E-state index in [1.165, 1.54) is 18.7 Å². The van der Waals surface area contributed by atoms with E-state index in [1.54, 1.807) is 54.6 Å². The van der Waals surface area contributed by atoms with E-state index in [4.69, 9.17) is 9.15 Å². The van der Waals surface area contributed by atoms with Crippen LogP contribution in [0.1, 0.15) is 30.1 Å². The maximum absolute atomic E-state index is 13.4. The van der Waals surface area contributed by atoms with Crippen LogP contribution in [0.3, 0.4) is 0 Å². The van der Waals surface area contributed by atoms with Crippen LogP contribution in [0.2, 0.25) is 0 Å². The number of aromatic nitrogens is 1. The van der Waals surface area contributed by atoms with Crippen LogP contribution >= 0.6 is 0 Å². The van der Waals surface area contributed by atoms with Gasteiger partial charge in [-0.1, -0.05) is 42.5 Å². The Morgan fingerprint density at radius 1 is 1.03 bits per heavy atom. The van der Waals surface area contributed by atoms with Gasteiger partial charge in [0.15, 0.2) is 20.7 Å². The van der Waals surface area contributed by atoms with Crippen molar-refractivity contribution in [3.05, 3.63) is 66.1 Å². The molecule has 1 atom stereocenters. The van der Waals surface area contributed by atoms with Crippen LogP contribution in [-0.2, 0) is 25.1 Å². The van der Waals surface area contributed by atoms with Gasteiger partial charge in [0.2, 0.25) is 11.7 Å². The van der Waals surface area contributed by atoms with Crippen molar-refractivity contribution in [3.8, 4) is 0 Å². The number of Topliss-reactive ketones (excluding diaryl/α,β-unsaturated/α-hetero) is 1. The second kappa shape index (κ2) is 11.3. The van der Waals surface area contributed by atoms with E-state index in [9.17, 15) is 22.8 Å². The molecular formula is C26H30N4O7S. The number of ether oxygens (including phenoxy) is 1. The first kappa shape index (κ1) is 27.3. The Hall–Kier alpha value is -3.77. The third-order valence-corrected chi connectivity index (χ3v) is 8.15. The van der Waals surface area contributed by atoms with Gasteiger partial charge in [-0.05, 0) is 31.5 Å². The van der Waals surface area contributed by atoms with Crippen LogP contribution in [0.25, 0.3) is 11.1 Å². The number of fused-ring (bicyclic) bond motifs is 1. The van der Waals surface area contributed by atoms with Gasteiger partial charge in [-0.15, -0.1) is 0 Å². The summed E-state index contributed by atoms with van der Waals surface area (Å²) in [4.78, 5) is 44.9. The minimum atomic E-state index is -4.10. The van der Waals surface area contributed by atoms with E-state index in [2.05, 4.69) is 15.6 Å². The van der Waals surface area contributed by atoms with Gasteiger partial charge in [0, 0.05) is 19.6 Å². The Morgan fingerprint density at radius 2 is 1.68 bits per heavy atom. The molecule has 2 aromatic carbocycles. The number of benzene rings is 2. The number of hydrogen-bond acceptors (Lipinski definition) is 8. The number of sulfone groups is 1. The lowest BCUT2D eigenvalue weighted by molar-refractivity contribution is -0.121. The van der Waals surface area contributed by atoms with E-state index >= 15 is 0 Å². The number of oxazole rings is 1. The highest BCUT2D eigenvalue weighted by molar-refractivity contribution is 7.92. The number of amides is 3. The van der Waals surface area contributed by atoms with E-state index < -0.39 is 50.6 Å². The highest BCUT2D eigenvalue weighted by Crippen LogP contribution is 2.20. The first-order chi connectivity index (χ1) is 18.1. The summed E-state index contributed by atoms with van der Waals surface area (Å²) in [5.74, 6) is -2.17. The monoisotopic (exact) mass is 542 g/mol. The zero-order valence-electron chi connectivity index (χ0n) is 21.2. The molecule has 12 heteroatoms. The molecule has 0 spiro atoms. The molecule has 11 nitrogen and oxygen atoms in total. The molecular weight excluding hydrogens is 512 g/mol. The number of para-hydroxylation sites is 2. The zero-order valence-corrected chi connectivity index (χ0v) is 22.0. The average Bonchev–Trinajstić information content (AvgIpc) is 3.33. The zero-order chi connectivity index (χ0) is 27.3. The van der Waals surface area contributed by atoms with Gasteiger partial charge < -0.3 is 24.7 Å². The summed E-state index contributed by atoms with van der Waals surface area (Å²) in [6, 6.07) is 14.8. The Labute approximate surface area is 220 Å². The number of nitrogens with zero attached hydrogens (tertiary/aromatic N) is 2. The summed E-state index contributed by atoms with van der Waals surface area (Å²) in [5.41, 5.74) is -0.168. The third-order valence-electron chi connectivity index (χ3n) is 6.17. The van der Waals surface area contributed by atoms with Gasteiger partial charge in [-0.2, -0.15) is 0 Å². The summed E-state index contributed by atoms with van der Waals surface area (Å²) < 4.78 is 37.6. The number of hydrogen-bond donors (Lipinski definition) is 2. The summed E-state index contributed by atoms with van der Waals surface area (Å²) in [6.07, 6.45) is 0. The summed E-state index contributed by atoms with van der Waals surface area (Å²) >= 11 is 0. The van der Waals surface area contributed by atoms with Gasteiger partial charge in [0.25, 0.3) is 5.89 Å². The van der Waals surface area contributed by atoms with Crippen molar-refractivity contribution >= 4 is 38.7 Å². The smallest absolute Gasteiger partial charge is 0.317 e. The fourth-order valence-corrected chi connectivity index (χ4v) is 5.61. The van der Waals surface area contributed by atoms with E-state index in [1.807, 2.05) is 0 Å². The molecule has 1 unspecified atom stereocenters. The minimum Gasteiger partial charge on any atom is -0.434 e. The predicted molar refractivity (Wildman–Crippen MR) is 139 cm³/mol. The van der Waals surface area contributed by atoms with Crippen molar-refractivity contribution in [1.29, 1.82) is 0 Å². The van der Waals surface area contributed by atoms with Crippen LogP contribution in [0.4, 0.5) is 4.79 Å². The van der Waals surface area contributed by atoms with E-state index in [0.29, 0.717) is 43.0 Å². The average molecular weight is 543 g/mol. The third kappa shape index (κ3) is 6.37. The molecule has 3 aromatic rings. The predicted octanol–water partition coefficient (Wildman–Crippen LogP) is 1.93. The largest absolute Gasteiger partial charge is 0.434 e. The standard InChI is InChI=1S/C26H30N4O7S/c1-26(2,22(31)24-28-19-10-6-7-11-20(19)37-24)29-23(32)21(16-27-25(33)30-12-14-36-15-13-30)38(34,35)17-18-8-4-3-5-9-18/h3-11,21H,12-17H2,1-2H3,(H,27,33)(H,29,32). The molecule has 0 saturated carbocycles. The van der Waals surface area contributed by atoms with E-state index in [0.717, 1.165) is 0 Å². The number of urea groups is 1. The lowest BCUT2D eigenvalue weighted by atomic mass is 9.98. The van der Waals surface area contributed by atoms with Crippen molar-refractivity contribution in [1.82, 2.24) is 20.5 Å². The van der Waals surface area contributed by atoms with Crippen LogP contribution in [0.15, 0.2) is 59.0 Å². The second-order valence-corrected chi connectivity index (χ2v) is 11.7. The van der Waals surface area contributed by atoms with Crippen LogP contribution in [0, 0.1) is 0 Å².